The minimum Gasteiger partial charge on any atom is -0.348 e. The maximum Gasteiger partial charge on any atom is 0.261 e. The largest absolute Gasteiger partial charge is 0.348 e. The van der Waals surface area contributed by atoms with E-state index in [0.29, 0.717) is 12.0 Å². The van der Waals surface area contributed by atoms with E-state index in [1.807, 2.05) is 12.1 Å². The quantitative estimate of drug-likeness (QED) is 0.884. The summed E-state index contributed by atoms with van der Waals surface area (Å²) in [5, 5.41) is 3.15. The van der Waals surface area contributed by atoms with Gasteiger partial charge in [-0.25, -0.2) is 0 Å². The molecule has 1 fully saturated rings. The number of nitrogens with one attached hydrogen (secondary N) is 1. The molecule has 1 amide bonds. The van der Waals surface area contributed by atoms with Crippen LogP contribution in [0.4, 0.5) is 0 Å². The number of hydrogen-bond acceptors (Lipinski definition) is 2. The molecule has 0 radical (unpaired) electrons. The van der Waals surface area contributed by atoms with E-state index >= 15 is 0 Å². The molecule has 88 valence electrons. The number of halogens is 1. The first kappa shape index (κ1) is 12.1. The van der Waals surface area contributed by atoms with Crippen LogP contribution in [0.15, 0.2) is 15.9 Å². The molecule has 1 N–H and O–H groups in total. The van der Waals surface area contributed by atoms with Gasteiger partial charge in [-0.2, -0.15) is 0 Å². The van der Waals surface area contributed by atoms with Crippen LogP contribution in [0, 0.1) is 5.92 Å². The molecule has 1 aliphatic carbocycles. The fourth-order valence-electron chi connectivity index (χ4n) is 2.21. The maximum absolute atomic E-state index is 12.0. The second kappa shape index (κ2) is 5.32. The predicted octanol–water partition coefficient (Wildman–Crippen LogP) is 3.82. The Morgan fingerprint density at radius 1 is 1.44 bits per heavy atom. The third-order valence-corrected chi connectivity index (χ3v) is 4.85. The van der Waals surface area contributed by atoms with Crippen molar-refractivity contribution in [3.05, 3.63) is 20.8 Å². The summed E-state index contributed by atoms with van der Waals surface area (Å²) >= 11 is 4.87. The highest BCUT2D eigenvalue weighted by atomic mass is 79.9. The van der Waals surface area contributed by atoms with Crippen molar-refractivity contribution in [3.63, 3.8) is 0 Å². The van der Waals surface area contributed by atoms with E-state index in [1.165, 1.54) is 30.6 Å². The van der Waals surface area contributed by atoms with Crippen molar-refractivity contribution in [2.45, 2.75) is 38.6 Å². The highest BCUT2D eigenvalue weighted by Gasteiger charge is 2.23. The molecule has 0 aromatic carbocycles. The molecular formula is C12H16BrNOS. The van der Waals surface area contributed by atoms with Crippen molar-refractivity contribution in [2.75, 3.05) is 0 Å². The highest BCUT2D eigenvalue weighted by molar-refractivity contribution is 9.11. The molecule has 2 atom stereocenters. The van der Waals surface area contributed by atoms with Gasteiger partial charge in [0.1, 0.15) is 0 Å². The monoisotopic (exact) mass is 301 g/mol. The van der Waals surface area contributed by atoms with Crippen molar-refractivity contribution < 1.29 is 4.79 Å². The van der Waals surface area contributed by atoms with E-state index < -0.39 is 0 Å². The van der Waals surface area contributed by atoms with Crippen LogP contribution in [0.1, 0.15) is 42.3 Å². The zero-order valence-corrected chi connectivity index (χ0v) is 11.7. The molecule has 1 heterocycles. The summed E-state index contributed by atoms with van der Waals surface area (Å²) in [5.41, 5.74) is 0. The third-order valence-electron chi connectivity index (χ3n) is 3.22. The van der Waals surface area contributed by atoms with Crippen molar-refractivity contribution in [3.8, 4) is 0 Å². The topological polar surface area (TPSA) is 29.1 Å². The molecule has 1 aromatic rings. The molecule has 1 aliphatic rings. The van der Waals surface area contributed by atoms with Crippen LogP contribution in [0.25, 0.3) is 0 Å². The number of thiophene rings is 1. The summed E-state index contributed by atoms with van der Waals surface area (Å²) in [6, 6.07) is 4.16. The van der Waals surface area contributed by atoms with Gasteiger partial charge in [-0.1, -0.05) is 19.8 Å². The summed E-state index contributed by atoms with van der Waals surface area (Å²) in [6.07, 6.45) is 4.90. The Morgan fingerprint density at radius 3 is 2.81 bits per heavy atom. The number of amides is 1. The molecule has 0 bridgehead atoms. The van der Waals surface area contributed by atoms with Crippen LogP contribution in [0.2, 0.25) is 0 Å². The first-order chi connectivity index (χ1) is 7.66. The maximum atomic E-state index is 12.0. The second-order valence-corrected chi connectivity index (χ2v) is 6.91. The van der Waals surface area contributed by atoms with Crippen molar-refractivity contribution >= 4 is 33.2 Å². The Hall–Kier alpha value is -0.350. The van der Waals surface area contributed by atoms with Crippen molar-refractivity contribution in [1.82, 2.24) is 5.32 Å². The minimum atomic E-state index is 0.0782. The zero-order valence-electron chi connectivity index (χ0n) is 9.33. The van der Waals surface area contributed by atoms with Gasteiger partial charge in [-0.15, -0.1) is 11.3 Å². The SMILES string of the molecule is CC1CCCCC1NC(=O)c1ccc(Br)s1. The van der Waals surface area contributed by atoms with Gasteiger partial charge in [-0.05, 0) is 46.8 Å². The smallest absolute Gasteiger partial charge is 0.261 e. The summed E-state index contributed by atoms with van der Waals surface area (Å²) < 4.78 is 1.01. The lowest BCUT2D eigenvalue weighted by molar-refractivity contribution is 0.0914. The fourth-order valence-corrected chi connectivity index (χ4v) is 3.50. The van der Waals surface area contributed by atoms with Gasteiger partial charge in [0.25, 0.3) is 5.91 Å². The van der Waals surface area contributed by atoms with Crippen molar-refractivity contribution in [1.29, 1.82) is 0 Å². The van der Waals surface area contributed by atoms with E-state index in [4.69, 9.17) is 0 Å². The van der Waals surface area contributed by atoms with Crippen LogP contribution in [-0.2, 0) is 0 Å². The normalized spacial score (nSPS) is 25.4. The van der Waals surface area contributed by atoms with Gasteiger partial charge < -0.3 is 5.32 Å². The van der Waals surface area contributed by atoms with Crippen LogP contribution in [-0.4, -0.2) is 11.9 Å². The standard InChI is InChI=1S/C12H16BrNOS/c1-8-4-2-3-5-9(8)14-12(15)10-6-7-11(13)16-10/h6-9H,2-5H2,1H3,(H,14,15). The first-order valence-corrected chi connectivity index (χ1v) is 7.34. The fraction of sp³-hybridized carbons (Fsp3) is 0.583. The van der Waals surface area contributed by atoms with Gasteiger partial charge in [0.05, 0.1) is 8.66 Å². The average molecular weight is 302 g/mol. The molecule has 0 saturated heterocycles. The summed E-state index contributed by atoms with van der Waals surface area (Å²) in [7, 11) is 0. The van der Waals surface area contributed by atoms with Crippen molar-refractivity contribution in [2.24, 2.45) is 5.92 Å². The molecule has 0 spiro atoms. The molecule has 16 heavy (non-hydrogen) atoms. The zero-order chi connectivity index (χ0) is 11.5. The Kier molecular flexibility index (Phi) is 4.03. The molecular weight excluding hydrogens is 286 g/mol. The number of carbonyl (C=O) groups is 1. The van der Waals surface area contributed by atoms with Gasteiger partial charge in [0, 0.05) is 6.04 Å². The lowest BCUT2D eigenvalue weighted by Gasteiger charge is -2.29. The molecule has 2 unspecified atom stereocenters. The van der Waals surface area contributed by atoms with E-state index in [-0.39, 0.29) is 5.91 Å². The van der Waals surface area contributed by atoms with Gasteiger partial charge >= 0.3 is 0 Å². The van der Waals surface area contributed by atoms with Crippen LogP contribution in [0.5, 0.6) is 0 Å². The highest BCUT2D eigenvalue weighted by Crippen LogP contribution is 2.25. The molecule has 1 saturated carbocycles. The van der Waals surface area contributed by atoms with E-state index in [0.717, 1.165) is 15.1 Å². The summed E-state index contributed by atoms with van der Waals surface area (Å²) in [6.45, 7) is 2.23. The number of hydrogen-bond donors (Lipinski definition) is 1. The predicted molar refractivity (Wildman–Crippen MR) is 70.9 cm³/mol. The third kappa shape index (κ3) is 2.86. The minimum absolute atomic E-state index is 0.0782. The molecule has 2 nitrogen and oxygen atoms in total. The molecule has 1 aromatic heterocycles. The van der Waals surface area contributed by atoms with Crippen LogP contribution >= 0.6 is 27.3 Å². The van der Waals surface area contributed by atoms with Crippen LogP contribution in [0.3, 0.4) is 0 Å². The lowest BCUT2D eigenvalue weighted by atomic mass is 9.86. The molecule has 4 heteroatoms. The van der Waals surface area contributed by atoms with E-state index in [9.17, 15) is 4.79 Å². The average Bonchev–Trinajstić information content (AvgIpc) is 2.68. The molecule has 2 rings (SSSR count). The Labute approximate surface area is 109 Å². The second-order valence-electron chi connectivity index (χ2n) is 4.45. The van der Waals surface area contributed by atoms with Gasteiger partial charge in [0.15, 0.2) is 0 Å². The first-order valence-electron chi connectivity index (χ1n) is 5.73. The van der Waals surface area contributed by atoms with Gasteiger partial charge in [0.2, 0.25) is 0 Å². The van der Waals surface area contributed by atoms with E-state index in [2.05, 4.69) is 28.2 Å². The Morgan fingerprint density at radius 2 is 2.19 bits per heavy atom. The van der Waals surface area contributed by atoms with Crippen LogP contribution < -0.4 is 5.32 Å². The lowest BCUT2D eigenvalue weighted by Crippen LogP contribution is -2.40. The Bertz CT molecular complexity index is 377. The summed E-state index contributed by atoms with van der Waals surface area (Å²) in [5.74, 6) is 0.690. The number of carbonyl (C=O) groups excluding carboxylic acids is 1. The Balaban J connectivity index is 1.96. The van der Waals surface area contributed by atoms with E-state index in [1.54, 1.807) is 0 Å². The van der Waals surface area contributed by atoms with Gasteiger partial charge in [-0.3, -0.25) is 4.79 Å². The summed E-state index contributed by atoms with van der Waals surface area (Å²) in [4.78, 5) is 12.7. The number of rotatable bonds is 2. The molecule has 0 aliphatic heterocycles.